The Balaban J connectivity index is 2.08. The summed E-state index contributed by atoms with van der Waals surface area (Å²) in [5.74, 6) is 0.543. The molecule has 6 heteroatoms. The normalized spacial score (nSPS) is 10.4. The first kappa shape index (κ1) is 10.9. The number of rotatable bonds is 4. The van der Waals surface area contributed by atoms with Crippen LogP contribution in [0.25, 0.3) is 0 Å². The summed E-state index contributed by atoms with van der Waals surface area (Å²) in [5.41, 5.74) is 0.557. The van der Waals surface area contributed by atoms with Gasteiger partial charge in [-0.3, -0.25) is 0 Å². The third kappa shape index (κ3) is 2.70. The van der Waals surface area contributed by atoms with E-state index in [-0.39, 0.29) is 11.8 Å². The summed E-state index contributed by atoms with van der Waals surface area (Å²) in [4.78, 5) is 0. The van der Waals surface area contributed by atoms with Crippen molar-refractivity contribution in [1.82, 2.24) is 10.2 Å². The number of halogens is 2. The molecule has 0 spiro atoms. The standard InChI is InChI=1S/C10H9ClFN3O/c11-5-4-9-14-15-10(16-9)13-8-3-1-2-7(12)6-8/h1-3,6H,4-5H2,(H,13,15). The third-order valence-corrected chi connectivity index (χ3v) is 2.04. The summed E-state index contributed by atoms with van der Waals surface area (Å²) in [5, 5.41) is 10.3. The second kappa shape index (κ2) is 4.94. The molecule has 1 N–H and O–H groups in total. The van der Waals surface area contributed by atoms with Gasteiger partial charge in [-0.05, 0) is 18.2 Å². The quantitative estimate of drug-likeness (QED) is 0.837. The lowest BCUT2D eigenvalue weighted by atomic mass is 10.3. The Hall–Kier alpha value is -1.62. The molecule has 1 aromatic heterocycles. The largest absolute Gasteiger partial charge is 0.408 e. The van der Waals surface area contributed by atoms with Crippen LogP contribution in [0, 0.1) is 5.82 Å². The lowest BCUT2D eigenvalue weighted by molar-refractivity contribution is 0.516. The zero-order valence-corrected chi connectivity index (χ0v) is 9.04. The van der Waals surface area contributed by atoms with E-state index in [9.17, 15) is 4.39 Å². The molecule has 0 aliphatic heterocycles. The van der Waals surface area contributed by atoms with Gasteiger partial charge in [-0.25, -0.2) is 4.39 Å². The van der Waals surface area contributed by atoms with Crippen molar-refractivity contribution in [3.05, 3.63) is 36.0 Å². The fourth-order valence-electron chi connectivity index (χ4n) is 1.18. The van der Waals surface area contributed by atoms with Crippen molar-refractivity contribution in [3.63, 3.8) is 0 Å². The number of aryl methyl sites for hydroxylation is 1. The molecule has 2 aromatic rings. The highest BCUT2D eigenvalue weighted by Crippen LogP contribution is 2.16. The molecule has 0 bridgehead atoms. The van der Waals surface area contributed by atoms with Crippen molar-refractivity contribution < 1.29 is 8.81 Å². The van der Waals surface area contributed by atoms with Crippen molar-refractivity contribution in [2.75, 3.05) is 11.2 Å². The fraction of sp³-hybridized carbons (Fsp3) is 0.200. The van der Waals surface area contributed by atoms with Crippen molar-refractivity contribution >= 4 is 23.3 Å². The maximum absolute atomic E-state index is 12.9. The van der Waals surface area contributed by atoms with E-state index in [1.165, 1.54) is 12.1 Å². The van der Waals surface area contributed by atoms with Gasteiger partial charge in [0.25, 0.3) is 0 Å². The predicted molar refractivity (Wildman–Crippen MR) is 58.4 cm³/mol. The number of alkyl halides is 1. The van der Waals surface area contributed by atoms with E-state index in [1.54, 1.807) is 12.1 Å². The van der Waals surface area contributed by atoms with E-state index in [0.29, 0.717) is 23.9 Å². The molecule has 0 amide bonds. The Bertz CT molecular complexity index is 475. The molecule has 4 nitrogen and oxygen atoms in total. The van der Waals surface area contributed by atoms with Gasteiger partial charge in [0.05, 0.1) is 0 Å². The van der Waals surface area contributed by atoms with E-state index in [4.69, 9.17) is 16.0 Å². The van der Waals surface area contributed by atoms with E-state index in [1.807, 2.05) is 0 Å². The monoisotopic (exact) mass is 241 g/mol. The molecule has 0 radical (unpaired) electrons. The van der Waals surface area contributed by atoms with Crippen LogP contribution in [0.4, 0.5) is 16.1 Å². The minimum atomic E-state index is -0.328. The van der Waals surface area contributed by atoms with Gasteiger partial charge >= 0.3 is 6.01 Å². The van der Waals surface area contributed by atoms with Crippen LogP contribution in [-0.4, -0.2) is 16.1 Å². The highest BCUT2D eigenvalue weighted by Gasteiger charge is 2.05. The molecule has 0 saturated carbocycles. The number of nitrogens with one attached hydrogen (secondary N) is 1. The third-order valence-electron chi connectivity index (χ3n) is 1.85. The number of benzene rings is 1. The van der Waals surface area contributed by atoms with Gasteiger partial charge in [-0.15, -0.1) is 16.7 Å². The van der Waals surface area contributed by atoms with Crippen molar-refractivity contribution in [2.45, 2.75) is 6.42 Å². The molecule has 0 saturated heterocycles. The number of aromatic nitrogens is 2. The molecular formula is C10H9ClFN3O. The van der Waals surface area contributed by atoms with Crippen LogP contribution in [0.15, 0.2) is 28.7 Å². The van der Waals surface area contributed by atoms with Crippen molar-refractivity contribution in [1.29, 1.82) is 0 Å². The fourth-order valence-corrected chi connectivity index (χ4v) is 1.34. The molecule has 0 atom stereocenters. The molecule has 16 heavy (non-hydrogen) atoms. The molecule has 0 aliphatic rings. The van der Waals surface area contributed by atoms with Gasteiger partial charge in [0.2, 0.25) is 5.89 Å². The first-order valence-electron chi connectivity index (χ1n) is 4.69. The maximum Gasteiger partial charge on any atom is 0.320 e. The van der Waals surface area contributed by atoms with Crippen LogP contribution < -0.4 is 5.32 Å². The average Bonchev–Trinajstić information content (AvgIpc) is 2.66. The molecule has 0 unspecified atom stereocenters. The Labute approximate surface area is 96.4 Å². The number of nitrogens with zero attached hydrogens (tertiary/aromatic N) is 2. The van der Waals surface area contributed by atoms with E-state index in [2.05, 4.69) is 15.5 Å². The van der Waals surface area contributed by atoms with Crippen LogP contribution in [0.3, 0.4) is 0 Å². The SMILES string of the molecule is Fc1cccc(Nc2nnc(CCCl)o2)c1. The number of hydrogen-bond donors (Lipinski definition) is 1. The minimum Gasteiger partial charge on any atom is -0.408 e. The summed E-state index contributed by atoms with van der Waals surface area (Å²) in [6.45, 7) is 0. The Morgan fingerprint density at radius 2 is 2.25 bits per heavy atom. The highest BCUT2D eigenvalue weighted by molar-refractivity contribution is 6.17. The van der Waals surface area contributed by atoms with Crippen LogP contribution in [-0.2, 0) is 6.42 Å². The second-order valence-corrected chi connectivity index (χ2v) is 3.45. The summed E-state index contributed by atoms with van der Waals surface area (Å²) in [6.07, 6.45) is 0.513. The Kier molecular flexibility index (Phi) is 3.36. The zero-order valence-electron chi connectivity index (χ0n) is 8.28. The number of hydrogen-bond acceptors (Lipinski definition) is 4. The van der Waals surface area contributed by atoms with Gasteiger partial charge < -0.3 is 9.73 Å². The maximum atomic E-state index is 12.9. The van der Waals surface area contributed by atoms with Gasteiger partial charge in [-0.2, -0.15) is 0 Å². The Morgan fingerprint density at radius 3 is 3.00 bits per heavy atom. The molecule has 1 heterocycles. The van der Waals surface area contributed by atoms with Gasteiger partial charge in [0.15, 0.2) is 0 Å². The lowest BCUT2D eigenvalue weighted by Crippen LogP contribution is -1.90. The summed E-state index contributed by atoms with van der Waals surface area (Å²) in [6, 6.07) is 6.22. The molecular weight excluding hydrogens is 233 g/mol. The molecule has 2 rings (SSSR count). The van der Waals surface area contributed by atoms with Gasteiger partial charge in [-0.1, -0.05) is 11.2 Å². The van der Waals surface area contributed by atoms with Crippen LogP contribution in [0.1, 0.15) is 5.89 Å². The first-order valence-corrected chi connectivity index (χ1v) is 5.22. The van der Waals surface area contributed by atoms with Gasteiger partial charge in [0.1, 0.15) is 5.82 Å². The molecule has 0 aliphatic carbocycles. The summed E-state index contributed by atoms with van der Waals surface area (Å²) in [7, 11) is 0. The van der Waals surface area contributed by atoms with E-state index >= 15 is 0 Å². The average molecular weight is 242 g/mol. The Morgan fingerprint density at radius 1 is 1.38 bits per heavy atom. The first-order chi connectivity index (χ1) is 7.78. The second-order valence-electron chi connectivity index (χ2n) is 3.08. The smallest absolute Gasteiger partial charge is 0.320 e. The zero-order chi connectivity index (χ0) is 11.4. The van der Waals surface area contributed by atoms with Crippen LogP contribution in [0.5, 0.6) is 0 Å². The highest BCUT2D eigenvalue weighted by atomic mass is 35.5. The van der Waals surface area contributed by atoms with E-state index < -0.39 is 0 Å². The number of anilines is 2. The summed E-state index contributed by atoms with van der Waals surface area (Å²) >= 11 is 5.53. The van der Waals surface area contributed by atoms with Gasteiger partial charge in [0, 0.05) is 18.0 Å². The lowest BCUT2D eigenvalue weighted by Gasteiger charge is -1.99. The summed E-state index contributed by atoms with van der Waals surface area (Å²) < 4.78 is 18.1. The predicted octanol–water partition coefficient (Wildman–Crippen LogP) is 2.73. The van der Waals surface area contributed by atoms with E-state index in [0.717, 1.165) is 0 Å². The minimum absolute atomic E-state index is 0.228. The van der Waals surface area contributed by atoms with Crippen LogP contribution in [0.2, 0.25) is 0 Å². The molecule has 1 aromatic carbocycles. The van der Waals surface area contributed by atoms with Crippen molar-refractivity contribution in [3.8, 4) is 0 Å². The molecule has 84 valence electrons. The van der Waals surface area contributed by atoms with Crippen molar-refractivity contribution in [2.24, 2.45) is 0 Å². The molecule has 0 fully saturated rings. The van der Waals surface area contributed by atoms with Crippen LogP contribution >= 0.6 is 11.6 Å². The topological polar surface area (TPSA) is 51.0 Å².